The summed E-state index contributed by atoms with van der Waals surface area (Å²) in [6.45, 7) is 3.72. The molecular formula is C19H19N5O. The van der Waals surface area contributed by atoms with Gasteiger partial charge >= 0.3 is 0 Å². The third-order valence-corrected chi connectivity index (χ3v) is 4.18. The van der Waals surface area contributed by atoms with E-state index in [4.69, 9.17) is 9.72 Å². The summed E-state index contributed by atoms with van der Waals surface area (Å²) in [5.41, 5.74) is 1.87. The van der Waals surface area contributed by atoms with Crippen molar-refractivity contribution in [2.75, 3.05) is 18.0 Å². The number of hydrogen-bond donors (Lipinski definition) is 0. The van der Waals surface area contributed by atoms with Gasteiger partial charge in [0.05, 0.1) is 6.54 Å². The number of aryl methyl sites for hydroxylation is 1. The third kappa shape index (κ3) is 3.57. The molecule has 1 fully saturated rings. The van der Waals surface area contributed by atoms with E-state index >= 15 is 0 Å². The average Bonchev–Trinajstić information content (AvgIpc) is 3.11. The Morgan fingerprint density at radius 3 is 2.76 bits per heavy atom. The molecule has 0 N–H and O–H groups in total. The van der Waals surface area contributed by atoms with Crippen LogP contribution in [0, 0.1) is 6.92 Å². The van der Waals surface area contributed by atoms with Gasteiger partial charge in [0.25, 0.3) is 0 Å². The van der Waals surface area contributed by atoms with Gasteiger partial charge in [0, 0.05) is 55.1 Å². The Morgan fingerprint density at radius 2 is 1.96 bits per heavy atom. The van der Waals surface area contributed by atoms with E-state index in [1.165, 1.54) is 0 Å². The van der Waals surface area contributed by atoms with Crippen molar-refractivity contribution in [3.05, 3.63) is 60.8 Å². The Hall–Kier alpha value is -3.02. The highest BCUT2D eigenvalue weighted by Gasteiger charge is 2.25. The van der Waals surface area contributed by atoms with Gasteiger partial charge in [-0.05, 0) is 31.2 Å². The summed E-state index contributed by atoms with van der Waals surface area (Å²) >= 11 is 0. The van der Waals surface area contributed by atoms with E-state index in [1.807, 2.05) is 37.3 Å². The second-order valence-electron chi connectivity index (χ2n) is 6.09. The number of rotatable bonds is 4. The molecule has 1 aliphatic rings. The van der Waals surface area contributed by atoms with Crippen LogP contribution in [-0.4, -0.2) is 39.1 Å². The SMILES string of the molecule is Cc1cc(N2CCC(Oc3ccncc3)C2)nc(-c2cccnc2)n1. The highest BCUT2D eigenvalue weighted by Crippen LogP contribution is 2.24. The van der Waals surface area contributed by atoms with Crippen molar-refractivity contribution in [3.63, 3.8) is 0 Å². The zero-order chi connectivity index (χ0) is 17.1. The fourth-order valence-electron chi connectivity index (χ4n) is 2.98. The van der Waals surface area contributed by atoms with Crippen LogP contribution in [0.3, 0.4) is 0 Å². The molecule has 0 amide bonds. The lowest BCUT2D eigenvalue weighted by atomic mass is 10.2. The van der Waals surface area contributed by atoms with Crippen LogP contribution < -0.4 is 9.64 Å². The van der Waals surface area contributed by atoms with Gasteiger partial charge in [0.1, 0.15) is 17.7 Å². The predicted octanol–water partition coefficient (Wildman–Crippen LogP) is 2.90. The zero-order valence-electron chi connectivity index (χ0n) is 14.0. The zero-order valence-corrected chi connectivity index (χ0v) is 14.0. The summed E-state index contributed by atoms with van der Waals surface area (Å²) in [5.74, 6) is 2.51. The van der Waals surface area contributed by atoms with Crippen molar-refractivity contribution in [1.82, 2.24) is 19.9 Å². The minimum atomic E-state index is 0.152. The van der Waals surface area contributed by atoms with Crippen molar-refractivity contribution in [2.45, 2.75) is 19.4 Å². The number of anilines is 1. The molecule has 0 radical (unpaired) electrons. The summed E-state index contributed by atoms with van der Waals surface area (Å²) in [4.78, 5) is 19.7. The minimum Gasteiger partial charge on any atom is -0.488 e. The standard InChI is InChI=1S/C19H19N5O/c1-14-11-18(23-19(22-14)15-3-2-7-21-12-15)24-10-6-17(13-24)25-16-4-8-20-9-5-16/h2-5,7-9,11-12,17H,6,10,13H2,1H3. The summed E-state index contributed by atoms with van der Waals surface area (Å²) < 4.78 is 6.04. The molecule has 126 valence electrons. The summed E-state index contributed by atoms with van der Waals surface area (Å²) in [5, 5.41) is 0. The monoisotopic (exact) mass is 333 g/mol. The lowest BCUT2D eigenvalue weighted by molar-refractivity contribution is 0.224. The van der Waals surface area contributed by atoms with Gasteiger partial charge in [-0.1, -0.05) is 0 Å². The van der Waals surface area contributed by atoms with E-state index in [9.17, 15) is 0 Å². The van der Waals surface area contributed by atoms with Gasteiger partial charge < -0.3 is 9.64 Å². The molecular weight excluding hydrogens is 314 g/mol. The molecule has 6 nitrogen and oxygen atoms in total. The van der Waals surface area contributed by atoms with Crippen molar-refractivity contribution >= 4 is 5.82 Å². The molecule has 4 heterocycles. The molecule has 0 saturated carbocycles. The van der Waals surface area contributed by atoms with Crippen LogP contribution in [-0.2, 0) is 0 Å². The summed E-state index contributed by atoms with van der Waals surface area (Å²) in [6, 6.07) is 9.67. The van der Waals surface area contributed by atoms with Crippen LogP contribution in [0.4, 0.5) is 5.82 Å². The molecule has 1 atom stereocenters. The van der Waals surface area contributed by atoms with Crippen LogP contribution in [0.1, 0.15) is 12.1 Å². The molecule has 1 saturated heterocycles. The maximum Gasteiger partial charge on any atom is 0.163 e. The third-order valence-electron chi connectivity index (χ3n) is 4.18. The maximum absolute atomic E-state index is 6.04. The first kappa shape index (κ1) is 15.5. The van der Waals surface area contributed by atoms with Crippen molar-refractivity contribution in [1.29, 1.82) is 0 Å². The first-order chi connectivity index (χ1) is 12.3. The Labute approximate surface area is 146 Å². The van der Waals surface area contributed by atoms with Gasteiger partial charge in [-0.25, -0.2) is 9.97 Å². The molecule has 0 aromatic carbocycles. The Balaban J connectivity index is 1.52. The Kier molecular flexibility index (Phi) is 4.24. The maximum atomic E-state index is 6.04. The smallest absolute Gasteiger partial charge is 0.163 e. The topological polar surface area (TPSA) is 64.0 Å². The summed E-state index contributed by atoms with van der Waals surface area (Å²) in [7, 11) is 0. The van der Waals surface area contributed by atoms with Gasteiger partial charge in [0.15, 0.2) is 5.82 Å². The van der Waals surface area contributed by atoms with Crippen LogP contribution in [0.2, 0.25) is 0 Å². The molecule has 3 aromatic rings. The highest BCUT2D eigenvalue weighted by atomic mass is 16.5. The van der Waals surface area contributed by atoms with E-state index in [0.717, 1.165) is 42.3 Å². The molecule has 25 heavy (non-hydrogen) atoms. The Morgan fingerprint density at radius 1 is 1.08 bits per heavy atom. The molecule has 1 unspecified atom stereocenters. The number of hydrogen-bond acceptors (Lipinski definition) is 6. The summed E-state index contributed by atoms with van der Waals surface area (Å²) in [6.07, 6.45) is 8.15. The fraction of sp³-hybridized carbons (Fsp3) is 0.263. The number of pyridine rings is 2. The van der Waals surface area contributed by atoms with E-state index in [1.54, 1.807) is 24.8 Å². The van der Waals surface area contributed by atoms with E-state index < -0.39 is 0 Å². The van der Waals surface area contributed by atoms with Crippen LogP contribution >= 0.6 is 0 Å². The lowest BCUT2D eigenvalue weighted by Crippen LogP contribution is -2.25. The normalized spacial score (nSPS) is 16.8. The molecule has 6 heteroatoms. The van der Waals surface area contributed by atoms with Gasteiger partial charge in [-0.2, -0.15) is 0 Å². The predicted molar refractivity (Wildman–Crippen MR) is 95.5 cm³/mol. The van der Waals surface area contributed by atoms with Crippen molar-refractivity contribution < 1.29 is 4.74 Å². The van der Waals surface area contributed by atoms with Crippen molar-refractivity contribution in [2.24, 2.45) is 0 Å². The second kappa shape index (κ2) is 6.84. The quantitative estimate of drug-likeness (QED) is 0.731. The second-order valence-corrected chi connectivity index (χ2v) is 6.09. The molecule has 0 aliphatic carbocycles. The largest absolute Gasteiger partial charge is 0.488 e. The lowest BCUT2D eigenvalue weighted by Gasteiger charge is -2.19. The number of aromatic nitrogens is 4. The molecule has 4 rings (SSSR count). The van der Waals surface area contributed by atoms with Gasteiger partial charge in [-0.3, -0.25) is 9.97 Å². The van der Waals surface area contributed by atoms with Crippen molar-refractivity contribution in [3.8, 4) is 17.1 Å². The first-order valence-electron chi connectivity index (χ1n) is 8.35. The molecule has 0 spiro atoms. The van der Waals surface area contributed by atoms with E-state index in [-0.39, 0.29) is 6.10 Å². The molecule has 0 bridgehead atoms. The van der Waals surface area contributed by atoms with Gasteiger partial charge in [0.2, 0.25) is 0 Å². The minimum absolute atomic E-state index is 0.152. The van der Waals surface area contributed by atoms with E-state index in [2.05, 4.69) is 19.9 Å². The van der Waals surface area contributed by atoms with Crippen LogP contribution in [0.15, 0.2) is 55.1 Å². The highest BCUT2D eigenvalue weighted by molar-refractivity contribution is 5.57. The van der Waals surface area contributed by atoms with Crippen LogP contribution in [0.5, 0.6) is 5.75 Å². The van der Waals surface area contributed by atoms with Gasteiger partial charge in [-0.15, -0.1) is 0 Å². The fourth-order valence-corrected chi connectivity index (χ4v) is 2.98. The van der Waals surface area contributed by atoms with E-state index in [0.29, 0.717) is 5.82 Å². The number of nitrogens with zero attached hydrogens (tertiary/aromatic N) is 5. The van der Waals surface area contributed by atoms with Crippen LogP contribution in [0.25, 0.3) is 11.4 Å². The molecule has 3 aromatic heterocycles. The number of ether oxygens (including phenoxy) is 1. The Bertz CT molecular complexity index is 841. The first-order valence-corrected chi connectivity index (χ1v) is 8.35. The molecule has 1 aliphatic heterocycles. The average molecular weight is 333 g/mol.